The quantitative estimate of drug-likeness (QED) is 0.686. The van der Waals surface area contributed by atoms with Gasteiger partial charge in [-0.1, -0.05) is 18.2 Å². The monoisotopic (exact) mass is 280 g/mol. The molecule has 2 aromatic heterocycles. The number of aryl methyl sites for hydroxylation is 1. The molecule has 0 spiro atoms. The third kappa shape index (κ3) is 2.16. The molecule has 1 aliphatic carbocycles. The predicted octanol–water partition coefficient (Wildman–Crippen LogP) is 3.62. The maximum absolute atomic E-state index is 4.04. The maximum Gasteiger partial charge on any atom is 0.0534 e. The van der Waals surface area contributed by atoms with Gasteiger partial charge in [-0.3, -0.25) is 5.10 Å². The van der Waals surface area contributed by atoms with E-state index in [4.69, 9.17) is 0 Å². The zero-order chi connectivity index (χ0) is 14.2. The van der Waals surface area contributed by atoms with Gasteiger partial charge in [0.1, 0.15) is 0 Å². The zero-order valence-electron chi connectivity index (χ0n) is 12.2. The first kappa shape index (κ1) is 12.7. The van der Waals surface area contributed by atoms with Gasteiger partial charge in [-0.15, -0.1) is 0 Å². The van der Waals surface area contributed by atoms with Crippen LogP contribution in [0.15, 0.2) is 36.7 Å². The molecule has 4 heteroatoms. The first-order valence-corrected chi connectivity index (χ1v) is 7.67. The number of hydrogen-bond donors (Lipinski definition) is 3. The molecule has 1 aromatic carbocycles. The predicted molar refractivity (Wildman–Crippen MR) is 84.1 cm³/mol. The Labute approximate surface area is 124 Å². The maximum atomic E-state index is 4.04. The van der Waals surface area contributed by atoms with Crippen molar-refractivity contribution in [3.8, 4) is 0 Å². The van der Waals surface area contributed by atoms with Crippen LogP contribution in [-0.4, -0.2) is 15.2 Å². The number of aromatic amines is 2. The van der Waals surface area contributed by atoms with E-state index in [-0.39, 0.29) is 0 Å². The fraction of sp³-hybridized carbons (Fsp3) is 0.353. The number of nitrogens with zero attached hydrogens (tertiary/aromatic N) is 1. The standard InChI is InChI=1S/C17H20N4/c1-11(12-9-18-19-10-12)20-16-8-4-6-14-13-5-2-3-7-15(13)21-17(14)16/h2-3,5,7,9-11,16,20-21H,4,6,8H2,1H3,(H,18,19). The molecule has 0 radical (unpaired) electrons. The molecule has 0 saturated carbocycles. The normalized spacial score (nSPS) is 19.6. The lowest BCUT2D eigenvalue weighted by molar-refractivity contribution is 0.410. The van der Waals surface area contributed by atoms with Crippen molar-refractivity contribution in [1.82, 2.24) is 20.5 Å². The van der Waals surface area contributed by atoms with Gasteiger partial charge >= 0.3 is 0 Å². The number of para-hydroxylation sites is 1. The molecule has 2 heterocycles. The van der Waals surface area contributed by atoms with E-state index in [0.29, 0.717) is 12.1 Å². The Morgan fingerprint density at radius 2 is 2.24 bits per heavy atom. The lowest BCUT2D eigenvalue weighted by Crippen LogP contribution is -2.27. The molecule has 0 amide bonds. The molecule has 21 heavy (non-hydrogen) atoms. The Balaban J connectivity index is 1.67. The molecule has 2 unspecified atom stereocenters. The Hall–Kier alpha value is -2.07. The van der Waals surface area contributed by atoms with Crippen molar-refractivity contribution in [3.05, 3.63) is 53.5 Å². The lowest BCUT2D eigenvalue weighted by Gasteiger charge is -2.27. The van der Waals surface area contributed by atoms with Crippen molar-refractivity contribution in [2.24, 2.45) is 0 Å². The Bertz CT molecular complexity index is 741. The Morgan fingerprint density at radius 1 is 1.33 bits per heavy atom. The Kier molecular flexibility index (Phi) is 3.04. The number of hydrogen-bond acceptors (Lipinski definition) is 2. The van der Waals surface area contributed by atoms with Crippen LogP contribution in [0.2, 0.25) is 0 Å². The highest BCUT2D eigenvalue weighted by Crippen LogP contribution is 2.35. The molecule has 0 saturated heterocycles. The van der Waals surface area contributed by atoms with Crippen LogP contribution < -0.4 is 5.32 Å². The van der Waals surface area contributed by atoms with Crippen LogP contribution in [0, 0.1) is 0 Å². The summed E-state index contributed by atoms with van der Waals surface area (Å²) < 4.78 is 0. The minimum Gasteiger partial charge on any atom is -0.357 e. The summed E-state index contributed by atoms with van der Waals surface area (Å²) in [6.45, 7) is 2.20. The molecule has 2 atom stereocenters. The summed E-state index contributed by atoms with van der Waals surface area (Å²) in [5.41, 5.74) is 5.33. The largest absolute Gasteiger partial charge is 0.357 e. The van der Waals surface area contributed by atoms with E-state index in [1.54, 1.807) is 0 Å². The second-order valence-electron chi connectivity index (χ2n) is 5.93. The fourth-order valence-electron chi connectivity index (χ4n) is 3.48. The van der Waals surface area contributed by atoms with Gasteiger partial charge in [0, 0.05) is 40.4 Å². The van der Waals surface area contributed by atoms with Gasteiger partial charge in [-0.2, -0.15) is 5.10 Å². The molecule has 3 N–H and O–H groups in total. The van der Waals surface area contributed by atoms with Gasteiger partial charge in [0.05, 0.1) is 6.20 Å². The summed E-state index contributed by atoms with van der Waals surface area (Å²) >= 11 is 0. The van der Waals surface area contributed by atoms with Gasteiger partial charge < -0.3 is 10.3 Å². The van der Waals surface area contributed by atoms with Crippen LogP contribution in [0.3, 0.4) is 0 Å². The molecule has 108 valence electrons. The van der Waals surface area contributed by atoms with E-state index in [9.17, 15) is 0 Å². The van der Waals surface area contributed by atoms with Crippen LogP contribution >= 0.6 is 0 Å². The number of H-pyrrole nitrogens is 2. The second-order valence-corrected chi connectivity index (χ2v) is 5.93. The first-order chi connectivity index (χ1) is 10.3. The van der Waals surface area contributed by atoms with Crippen LogP contribution in [0.5, 0.6) is 0 Å². The highest BCUT2D eigenvalue weighted by molar-refractivity contribution is 5.85. The molecular formula is C17H20N4. The molecule has 4 nitrogen and oxygen atoms in total. The first-order valence-electron chi connectivity index (χ1n) is 7.67. The molecule has 0 fully saturated rings. The SMILES string of the molecule is CC(NC1CCCc2c1[nH]c1ccccc21)c1cn[nH]c1. The summed E-state index contributed by atoms with van der Waals surface area (Å²) in [7, 11) is 0. The van der Waals surface area contributed by atoms with Crippen molar-refractivity contribution >= 4 is 10.9 Å². The number of nitrogens with one attached hydrogen (secondary N) is 3. The second kappa shape index (κ2) is 5.04. The van der Waals surface area contributed by atoms with E-state index < -0.39 is 0 Å². The summed E-state index contributed by atoms with van der Waals surface area (Å²) in [6.07, 6.45) is 7.46. The van der Waals surface area contributed by atoms with Crippen LogP contribution in [0.1, 0.15) is 48.7 Å². The van der Waals surface area contributed by atoms with Crippen molar-refractivity contribution in [1.29, 1.82) is 0 Å². The minimum atomic E-state index is 0.297. The molecule has 0 aliphatic heterocycles. The zero-order valence-corrected chi connectivity index (χ0v) is 12.2. The number of aromatic nitrogens is 3. The van der Waals surface area contributed by atoms with Crippen LogP contribution in [0.25, 0.3) is 10.9 Å². The highest BCUT2D eigenvalue weighted by atomic mass is 15.1. The number of rotatable bonds is 3. The van der Waals surface area contributed by atoms with Gasteiger partial charge in [0.25, 0.3) is 0 Å². The third-order valence-electron chi connectivity index (χ3n) is 4.59. The average molecular weight is 280 g/mol. The van der Waals surface area contributed by atoms with Gasteiger partial charge in [-0.05, 0) is 37.8 Å². The topological polar surface area (TPSA) is 56.5 Å². The van der Waals surface area contributed by atoms with Crippen molar-refractivity contribution < 1.29 is 0 Å². The molecule has 4 rings (SSSR count). The fourth-order valence-corrected chi connectivity index (χ4v) is 3.48. The molecule has 3 aromatic rings. The summed E-state index contributed by atoms with van der Waals surface area (Å²) in [5, 5.41) is 12.1. The van der Waals surface area contributed by atoms with Crippen molar-refractivity contribution in [2.75, 3.05) is 0 Å². The number of fused-ring (bicyclic) bond motifs is 3. The van der Waals surface area contributed by atoms with E-state index in [2.05, 4.69) is 51.7 Å². The average Bonchev–Trinajstić information content (AvgIpc) is 3.15. The smallest absolute Gasteiger partial charge is 0.0534 e. The minimum absolute atomic E-state index is 0.297. The summed E-state index contributed by atoms with van der Waals surface area (Å²) in [4.78, 5) is 3.63. The van der Waals surface area contributed by atoms with Crippen LogP contribution in [-0.2, 0) is 6.42 Å². The third-order valence-corrected chi connectivity index (χ3v) is 4.59. The van der Waals surface area contributed by atoms with Gasteiger partial charge in [0.2, 0.25) is 0 Å². The van der Waals surface area contributed by atoms with E-state index in [1.807, 2.05) is 12.4 Å². The van der Waals surface area contributed by atoms with E-state index in [1.165, 1.54) is 47.0 Å². The van der Waals surface area contributed by atoms with Crippen molar-refractivity contribution in [3.63, 3.8) is 0 Å². The number of benzene rings is 1. The lowest BCUT2D eigenvalue weighted by atomic mass is 9.91. The summed E-state index contributed by atoms with van der Waals surface area (Å²) in [5.74, 6) is 0. The molecule has 0 bridgehead atoms. The van der Waals surface area contributed by atoms with E-state index in [0.717, 1.165) is 0 Å². The van der Waals surface area contributed by atoms with E-state index >= 15 is 0 Å². The van der Waals surface area contributed by atoms with Gasteiger partial charge in [-0.25, -0.2) is 0 Å². The summed E-state index contributed by atoms with van der Waals surface area (Å²) in [6, 6.07) is 9.32. The van der Waals surface area contributed by atoms with Crippen LogP contribution in [0.4, 0.5) is 0 Å². The van der Waals surface area contributed by atoms with Crippen molar-refractivity contribution in [2.45, 2.75) is 38.3 Å². The highest BCUT2D eigenvalue weighted by Gasteiger charge is 2.25. The Morgan fingerprint density at radius 3 is 3.10 bits per heavy atom. The molecular weight excluding hydrogens is 260 g/mol. The molecule has 1 aliphatic rings. The van der Waals surface area contributed by atoms with Gasteiger partial charge in [0.15, 0.2) is 0 Å².